The molecule has 0 saturated heterocycles. The van der Waals surface area contributed by atoms with Crippen LogP contribution in [0.3, 0.4) is 0 Å². The van der Waals surface area contributed by atoms with E-state index in [9.17, 15) is 19.7 Å². The van der Waals surface area contributed by atoms with Crippen molar-refractivity contribution in [3.8, 4) is 0 Å². The molecule has 7 nitrogen and oxygen atoms in total. The number of hydrogen-bond acceptors (Lipinski definition) is 5. The second-order valence-corrected chi connectivity index (χ2v) is 10.2. The topological polar surface area (TPSA) is 101 Å². The number of carbonyl (C=O) groups excluding carboxylic acids is 2. The molecule has 3 aromatic rings. The summed E-state index contributed by atoms with van der Waals surface area (Å²) in [5, 5.41) is 16.5. The summed E-state index contributed by atoms with van der Waals surface area (Å²) in [7, 11) is 0. The molecule has 0 aromatic heterocycles. The summed E-state index contributed by atoms with van der Waals surface area (Å²) in [5.41, 5.74) is 2.57. The average molecular weight is 504 g/mol. The Hall–Kier alpha value is -3.65. The van der Waals surface area contributed by atoms with Crippen LogP contribution in [0.4, 0.5) is 17.1 Å². The smallest absolute Gasteiger partial charge is 0.271 e. The summed E-state index contributed by atoms with van der Waals surface area (Å²) < 4.78 is 0. The number of nitrogens with zero attached hydrogens (tertiary/aromatic N) is 1. The van der Waals surface area contributed by atoms with Gasteiger partial charge in [0, 0.05) is 28.6 Å². The Morgan fingerprint density at radius 1 is 0.944 bits per heavy atom. The van der Waals surface area contributed by atoms with Crippen LogP contribution in [0.15, 0.2) is 77.7 Å². The number of hydrogen-bond donors (Lipinski definition) is 2. The van der Waals surface area contributed by atoms with E-state index in [1.165, 1.54) is 30.3 Å². The molecular weight excluding hydrogens is 474 g/mol. The molecule has 2 N–H and O–H groups in total. The molecule has 1 aliphatic carbocycles. The van der Waals surface area contributed by atoms with Gasteiger partial charge in [-0.2, -0.15) is 0 Å². The summed E-state index contributed by atoms with van der Waals surface area (Å²) in [4.78, 5) is 37.7. The van der Waals surface area contributed by atoms with E-state index < -0.39 is 10.2 Å². The highest BCUT2D eigenvalue weighted by Gasteiger charge is 2.24. The van der Waals surface area contributed by atoms with Gasteiger partial charge in [0.05, 0.1) is 10.6 Å². The fourth-order valence-corrected chi connectivity index (χ4v) is 5.43. The molecule has 0 heterocycles. The third-order valence-corrected chi connectivity index (χ3v) is 7.61. The van der Waals surface area contributed by atoms with E-state index in [1.807, 2.05) is 54.6 Å². The number of thioether (sulfide) groups is 1. The number of nitro benzene ring substituents is 1. The number of anilines is 2. The molecule has 1 unspecified atom stereocenters. The van der Waals surface area contributed by atoms with Crippen LogP contribution in [0.1, 0.15) is 48.5 Å². The Morgan fingerprint density at radius 2 is 1.69 bits per heavy atom. The molecule has 0 bridgehead atoms. The van der Waals surface area contributed by atoms with Crippen LogP contribution < -0.4 is 10.6 Å². The maximum atomic E-state index is 13.4. The number of aryl methyl sites for hydroxylation is 1. The first-order valence-corrected chi connectivity index (χ1v) is 13.0. The fourth-order valence-electron chi connectivity index (χ4n) is 4.35. The summed E-state index contributed by atoms with van der Waals surface area (Å²) in [6.07, 6.45) is 5.22. The highest BCUT2D eigenvalue weighted by Crippen LogP contribution is 2.38. The molecule has 1 atom stereocenters. The van der Waals surface area contributed by atoms with E-state index in [0.29, 0.717) is 11.4 Å². The quantitative estimate of drug-likeness (QED) is 0.198. The van der Waals surface area contributed by atoms with E-state index in [4.69, 9.17) is 0 Å². The van der Waals surface area contributed by atoms with Crippen molar-refractivity contribution in [1.29, 1.82) is 0 Å². The van der Waals surface area contributed by atoms with Gasteiger partial charge in [0.15, 0.2) is 0 Å². The second-order valence-electron chi connectivity index (χ2n) is 9.01. The Kier molecular flexibility index (Phi) is 8.38. The van der Waals surface area contributed by atoms with Crippen molar-refractivity contribution in [3.63, 3.8) is 0 Å². The monoisotopic (exact) mass is 503 g/mol. The van der Waals surface area contributed by atoms with Gasteiger partial charge in [0.2, 0.25) is 11.8 Å². The Balaban J connectivity index is 1.54. The van der Waals surface area contributed by atoms with Crippen LogP contribution in [-0.4, -0.2) is 16.7 Å². The third-order valence-electron chi connectivity index (χ3n) is 6.36. The number of nitro groups is 1. The van der Waals surface area contributed by atoms with Crippen LogP contribution in [0.5, 0.6) is 0 Å². The maximum Gasteiger partial charge on any atom is 0.271 e. The predicted octanol–water partition coefficient (Wildman–Crippen LogP) is 6.89. The van der Waals surface area contributed by atoms with Gasteiger partial charge >= 0.3 is 0 Å². The molecule has 1 fully saturated rings. The van der Waals surface area contributed by atoms with E-state index in [-0.39, 0.29) is 23.4 Å². The largest absolute Gasteiger partial charge is 0.326 e. The standard InChI is InChI=1S/C28H29N3O4S/c1-19-15-16-23(31(34)35)18-25(19)30-28(33)26(20-9-4-2-5-10-20)36-24-14-8-13-22(17-24)29-27(32)21-11-6-3-7-12-21/h2,4-5,8-10,13-18,21,26H,3,6-7,11-12H2,1H3,(H,29,32)(H,30,33). The van der Waals surface area contributed by atoms with Gasteiger partial charge in [0.25, 0.3) is 5.69 Å². The fraction of sp³-hybridized carbons (Fsp3) is 0.286. The molecular formula is C28H29N3O4S. The highest BCUT2D eigenvalue weighted by atomic mass is 32.2. The van der Waals surface area contributed by atoms with Crippen molar-refractivity contribution in [3.05, 3.63) is 94.0 Å². The Morgan fingerprint density at radius 3 is 2.42 bits per heavy atom. The zero-order valence-electron chi connectivity index (χ0n) is 20.1. The molecule has 4 rings (SSSR count). The van der Waals surface area contributed by atoms with E-state index in [0.717, 1.165) is 41.7 Å². The molecule has 2 amide bonds. The van der Waals surface area contributed by atoms with E-state index >= 15 is 0 Å². The van der Waals surface area contributed by atoms with Crippen molar-refractivity contribution in [2.75, 3.05) is 10.6 Å². The lowest BCUT2D eigenvalue weighted by molar-refractivity contribution is -0.384. The molecule has 0 spiro atoms. The zero-order chi connectivity index (χ0) is 25.5. The SMILES string of the molecule is Cc1ccc([N+](=O)[O-])cc1NC(=O)C(Sc1cccc(NC(=O)C2CCCCC2)c1)c1ccccc1. The van der Waals surface area contributed by atoms with Gasteiger partial charge in [0.1, 0.15) is 5.25 Å². The number of nitrogens with one attached hydrogen (secondary N) is 2. The van der Waals surface area contributed by atoms with E-state index in [1.54, 1.807) is 13.0 Å². The molecule has 0 radical (unpaired) electrons. The van der Waals surface area contributed by atoms with Crippen LogP contribution in [0.2, 0.25) is 0 Å². The minimum atomic E-state index is -0.603. The molecule has 186 valence electrons. The van der Waals surface area contributed by atoms with Crippen LogP contribution in [0, 0.1) is 23.0 Å². The van der Waals surface area contributed by atoms with Crippen molar-refractivity contribution in [2.24, 2.45) is 5.92 Å². The van der Waals surface area contributed by atoms with Crippen molar-refractivity contribution in [1.82, 2.24) is 0 Å². The lowest BCUT2D eigenvalue weighted by atomic mass is 9.88. The molecule has 1 aliphatic rings. The van der Waals surface area contributed by atoms with Crippen molar-refractivity contribution in [2.45, 2.75) is 49.2 Å². The molecule has 1 saturated carbocycles. The number of benzene rings is 3. The summed E-state index contributed by atoms with van der Waals surface area (Å²) in [6, 6.07) is 21.3. The molecule has 0 aliphatic heterocycles. The lowest BCUT2D eigenvalue weighted by Crippen LogP contribution is -2.24. The number of amides is 2. The minimum Gasteiger partial charge on any atom is -0.326 e. The zero-order valence-corrected chi connectivity index (χ0v) is 20.9. The number of rotatable bonds is 8. The van der Waals surface area contributed by atoms with Gasteiger partial charge in [-0.25, -0.2) is 0 Å². The van der Waals surface area contributed by atoms with E-state index in [2.05, 4.69) is 10.6 Å². The highest BCUT2D eigenvalue weighted by molar-refractivity contribution is 8.00. The van der Waals surface area contributed by atoms with Crippen molar-refractivity contribution >= 4 is 40.6 Å². The Labute approximate surface area is 214 Å². The second kappa shape index (κ2) is 11.9. The van der Waals surface area contributed by atoms with Crippen molar-refractivity contribution < 1.29 is 14.5 Å². The average Bonchev–Trinajstić information content (AvgIpc) is 2.89. The van der Waals surface area contributed by atoms with Crippen LogP contribution >= 0.6 is 11.8 Å². The summed E-state index contributed by atoms with van der Waals surface area (Å²) >= 11 is 1.37. The first kappa shape index (κ1) is 25.4. The van der Waals surface area contributed by atoms with Gasteiger partial charge in [-0.3, -0.25) is 19.7 Å². The Bertz CT molecular complexity index is 1240. The van der Waals surface area contributed by atoms with Crippen LogP contribution in [-0.2, 0) is 9.59 Å². The van der Waals surface area contributed by atoms with Gasteiger partial charge in [-0.15, -0.1) is 11.8 Å². The maximum absolute atomic E-state index is 13.4. The normalized spacial score (nSPS) is 14.6. The number of non-ortho nitro benzene ring substituents is 1. The third kappa shape index (κ3) is 6.51. The van der Waals surface area contributed by atoms with Gasteiger partial charge in [-0.1, -0.05) is 61.7 Å². The summed E-state index contributed by atoms with van der Waals surface area (Å²) in [6.45, 7) is 1.79. The minimum absolute atomic E-state index is 0.0512. The number of carbonyl (C=O) groups is 2. The lowest BCUT2D eigenvalue weighted by Gasteiger charge is -2.21. The van der Waals surface area contributed by atoms with Gasteiger partial charge in [-0.05, 0) is 49.1 Å². The first-order valence-electron chi connectivity index (χ1n) is 12.1. The van der Waals surface area contributed by atoms with Crippen LogP contribution in [0.25, 0.3) is 0 Å². The van der Waals surface area contributed by atoms with Gasteiger partial charge < -0.3 is 10.6 Å². The molecule has 3 aromatic carbocycles. The molecule has 8 heteroatoms. The molecule has 36 heavy (non-hydrogen) atoms. The first-order chi connectivity index (χ1) is 17.4. The predicted molar refractivity (Wildman–Crippen MR) is 143 cm³/mol. The summed E-state index contributed by atoms with van der Waals surface area (Å²) in [5.74, 6) is -0.183.